The lowest BCUT2D eigenvalue weighted by Gasteiger charge is -2.09. The first-order valence-electron chi connectivity index (χ1n) is 6.10. The van der Waals surface area contributed by atoms with Gasteiger partial charge < -0.3 is 10.6 Å². The Morgan fingerprint density at radius 1 is 1.25 bits per heavy atom. The smallest absolute Gasteiger partial charge is 0.243 e. The molecule has 0 aliphatic heterocycles. The molecular weight excluding hydrogens is 279 g/mol. The van der Waals surface area contributed by atoms with E-state index < -0.39 is 5.82 Å². The fraction of sp³-hybridized carbons (Fsp3) is 0.133. The molecule has 2 aromatic carbocycles. The highest BCUT2D eigenvalue weighted by Gasteiger charge is 2.06. The molecule has 0 aliphatic rings. The zero-order valence-electron chi connectivity index (χ0n) is 10.9. The van der Waals surface area contributed by atoms with Crippen molar-refractivity contribution in [3.8, 4) is 0 Å². The van der Waals surface area contributed by atoms with E-state index in [1.165, 1.54) is 12.1 Å². The average molecular weight is 293 g/mol. The Morgan fingerprint density at radius 2 is 2.05 bits per heavy atom. The van der Waals surface area contributed by atoms with Crippen molar-refractivity contribution < 1.29 is 9.18 Å². The molecule has 5 heteroatoms. The van der Waals surface area contributed by atoms with Crippen molar-refractivity contribution in [2.45, 2.75) is 6.92 Å². The molecule has 20 heavy (non-hydrogen) atoms. The molecule has 0 aliphatic carbocycles. The van der Waals surface area contributed by atoms with Crippen LogP contribution in [0.3, 0.4) is 0 Å². The maximum atomic E-state index is 12.9. The second-order valence-corrected chi connectivity index (χ2v) is 4.80. The van der Waals surface area contributed by atoms with Gasteiger partial charge in [0.05, 0.1) is 17.3 Å². The van der Waals surface area contributed by atoms with Gasteiger partial charge in [0.1, 0.15) is 5.82 Å². The first kappa shape index (κ1) is 14.3. The molecule has 0 fully saturated rings. The molecule has 0 unspecified atom stereocenters. The van der Waals surface area contributed by atoms with E-state index in [1.807, 2.05) is 31.2 Å². The molecule has 0 radical (unpaired) electrons. The molecule has 1 amide bonds. The average Bonchev–Trinajstić information content (AvgIpc) is 2.40. The van der Waals surface area contributed by atoms with Gasteiger partial charge in [0.2, 0.25) is 5.91 Å². The quantitative estimate of drug-likeness (QED) is 0.899. The van der Waals surface area contributed by atoms with Gasteiger partial charge in [-0.15, -0.1) is 0 Å². The maximum Gasteiger partial charge on any atom is 0.243 e. The van der Waals surface area contributed by atoms with Crippen molar-refractivity contribution in [1.82, 2.24) is 0 Å². The second-order valence-electron chi connectivity index (χ2n) is 4.40. The van der Waals surface area contributed by atoms with Crippen molar-refractivity contribution in [2.75, 3.05) is 17.2 Å². The van der Waals surface area contributed by atoms with Gasteiger partial charge in [-0.25, -0.2) is 4.39 Å². The molecule has 104 valence electrons. The minimum Gasteiger partial charge on any atom is -0.376 e. The minimum absolute atomic E-state index is 0.108. The van der Waals surface area contributed by atoms with Crippen molar-refractivity contribution in [2.24, 2.45) is 0 Å². The van der Waals surface area contributed by atoms with E-state index in [0.29, 0.717) is 5.69 Å². The number of anilines is 2. The lowest BCUT2D eigenvalue weighted by Crippen LogP contribution is -2.21. The molecule has 0 heterocycles. The first-order chi connectivity index (χ1) is 9.54. The predicted molar refractivity (Wildman–Crippen MR) is 79.7 cm³/mol. The van der Waals surface area contributed by atoms with Crippen LogP contribution in [0.5, 0.6) is 0 Å². The Morgan fingerprint density at radius 3 is 2.75 bits per heavy atom. The zero-order chi connectivity index (χ0) is 14.5. The van der Waals surface area contributed by atoms with Crippen LogP contribution in [-0.4, -0.2) is 12.5 Å². The van der Waals surface area contributed by atoms with Crippen LogP contribution in [0.15, 0.2) is 42.5 Å². The Kier molecular flexibility index (Phi) is 4.58. The van der Waals surface area contributed by atoms with E-state index >= 15 is 0 Å². The van der Waals surface area contributed by atoms with Gasteiger partial charge in [-0.3, -0.25) is 4.79 Å². The number of hydrogen-bond donors (Lipinski definition) is 2. The third-order valence-corrected chi connectivity index (χ3v) is 2.99. The van der Waals surface area contributed by atoms with Crippen LogP contribution in [0.2, 0.25) is 5.02 Å². The van der Waals surface area contributed by atoms with E-state index in [4.69, 9.17) is 11.6 Å². The van der Waals surface area contributed by atoms with Gasteiger partial charge in [0.25, 0.3) is 0 Å². The summed E-state index contributed by atoms with van der Waals surface area (Å²) in [6.45, 7) is 2.08. The van der Waals surface area contributed by atoms with Crippen LogP contribution in [0, 0.1) is 12.7 Å². The third kappa shape index (κ3) is 3.96. The van der Waals surface area contributed by atoms with Crippen molar-refractivity contribution >= 4 is 28.9 Å². The van der Waals surface area contributed by atoms with Gasteiger partial charge in [-0.2, -0.15) is 0 Å². The number of halogens is 2. The Bertz CT molecular complexity index is 631. The summed E-state index contributed by atoms with van der Waals surface area (Å²) in [5.41, 5.74) is 2.37. The SMILES string of the molecule is Cc1cccc(NCC(=O)Nc2ccc(F)cc2Cl)c1. The molecule has 0 saturated heterocycles. The summed E-state index contributed by atoms with van der Waals surface area (Å²) in [6, 6.07) is 11.5. The normalized spacial score (nSPS) is 10.2. The number of amides is 1. The van der Waals surface area contributed by atoms with E-state index in [2.05, 4.69) is 10.6 Å². The number of carbonyl (C=O) groups excluding carboxylic acids is 1. The molecule has 2 aromatic rings. The highest BCUT2D eigenvalue weighted by atomic mass is 35.5. The second kappa shape index (κ2) is 6.39. The summed E-state index contributed by atoms with van der Waals surface area (Å²) >= 11 is 5.84. The minimum atomic E-state index is -0.439. The van der Waals surface area contributed by atoms with E-state index in [-0.39, 0.29) is 17.5 Å². The van der Waals surface area contributed by atoms with E-state index in [9.17, 15) is 9.18 Å². The summed E-state index contributed by atoms with van der Waals surface area (Å²) in [6.07, 6.45) is 0. The molecule has 2 N–H and O–H groups in total. The summed E-state index contributed by atoms with van der Waals surface area (Å²) in [5, 5.41) is 5.80. The predicted octanol–water partition coefficient (Wildman–Crippen LogP) is 3.84. The van der Waals surface area contributed by atoms with Crippen molar-refractivity contribution in [3.05, 3.63) is 58.9 Å². The van der Waals surface area contributed by atoms with Gasteiger partial charge in [-0.1, -0.05) is 23.7 Å². The van der Waals surface area contributed by atoms with Gasteiger partial charge >= 0.3 is 0 Å². The topological polar surface area (TPSA) is 41.1 Å². The molecule has 0 spiro atoms. The highest BCUT2D eigenvalue weighted by molar-refractivity contribution is 6.33. The van der Waals surface area contributed by atoms with Gasteiger partial charge in [0, 0.05) is 5.69 Å². The molecule has 0 bridgehead atoms. The lowest BCUT2D eigenvalue weighted by atomic mass is 10.2. The van der Waals surface area contributed by atoms with Crippen LogP contribution < -0.4 is 10.6 Å². The maximum absolute atomic E-state index is 12.9. The number of benzene rings is 2. The number of rotatable bonds is 4. The zero-order valence-corrected chi connectivity index (χ0v) is 11.7. The summed E-state index contributed by atoms with van der Waals surface area (Å²) < 4.78 is 12.9. The van der Waals surface area contributed by atoms with Crippen molar-refractivity contribution in [3.63, 3.8) is 0 Å². The van der Waals surface area contributed by atoms with Crippen molar-refractivity contribution in [1.29, 1.82) is 0 Å². The number of hydrogen-bond acceptors (Lipinski definition) is 2. The molecule has 0 atom stereocenters. The Labute approximate surface area is 121 Å². The van der Waals surface area contributed by atoms with E-state index in [0.717, 1.165) is 17.3 Å². The fourth-order valence-corrected chi connectivity index (χ4v) is 1.94. The molecule has 2 rings (SSSR count). The molecule has 0 saturated carbocycles. The molecular formula is C15H14ClFN2O. The van der Waals surface area contributed by atoms with Crippen LogP contribution in [0.4, 0.5) is 15.8 Å². The van der Waals surface area contributed by atoms with Crippen LogP contribution >= 0.6 is 11.6 Å². The standard InChI is InChI=1S/C15H14ClFN2O/c1-10-3-2-4-12(7-10)18-9-15(20)19-14-6-5-11(17)8-13(14)16/h2-8,18H,9H2,1H3,(H,19,20). The van der Waals surface area contributed by atoms with E-state index in [1.54, 1.807) is 0 Å². The van der Waals surface area contributed by atoms with Gasteiger partial charge in [0.15, 0.2) is 0 Å². The van der Waals surface area contributed by atoms with Crippen LogP contribution in [0.25, 0.3) is 0 Å². The largest absolute Gasteiger partial charge is 0.376 e. The highest BCUT2D eigenvalue weighted by Crippen LogP contribution is 2.22. The molecule has 0 aromatic heterocycles. The Hall–Kier alpha value is -2.07. The summed E-state index contributed by atoms with van der Waals surface area (Å²) in [4.78, 5) is 11.8. The lowest BCUT2D eigenvalue weighted by molar-refractivity contribution is -0.114. The number of aryl methyl sites for hydroxylation is 1. The van der Waals surface area contributed by atoms with Crippen LogP contribution in [0.1, 0.15) is 5.56 Å². The molecule has 3 nitrogen and oxygen atoms in total. The van der Waals surface area contributed by atoms with Crippen LogP contribution in [-0.2, 0) is 4.79 Å². The fourth-order valence-electron chi connectivity index (χ4n) is 1.72. The Balaban J connectivity index is 1.92. The summed E-state index contributed by atoms with van der Waals surface area (Å²) in [5.74, 6) is -0.689. The summed E-state index contributed by atoms with van der Waals surface area (Å²) in [7, 11) is 0. The third-order valence-electron chi connectivity index (χ3n) is 2.68. The first-order valence-corrected chi connectivity index (χ1v) is 6.48. The number of carbonyl (C=O) groups is 1. The van der Waals surface area contributed by atoms with Gasteiger partial charge in [-0.05, 0) is 42.8 Å². The number of nitrogens with one attached hydrogen (secondary N) is 2. The monoisotopic (exact) mass is 292 g/mol.